The highest BCUT2D eigenvalue weighted by atomic mass is 35.5. The molecule has 3 rings (SSSR count). The van der Waals surface area contributed by atoms with Gasteiger partial charge in [0, 0.05) is 35.0 Å². The number of halogens is 1. The Morgan fingerprint density at radius 3 is 2.67 bits per heavy atom. The second-order valence-electron chi connectivity index (χ2n) is 6.89. The number of carbonyl (C=O) groups excluding carboxylic acids is 1. The molecule has 1 atom stereocenters. The van der Waals surface area contributed by atoms with E-state index in [2.05, 4.69) is 15.6 Å². The quantitative estimate of drug-likeness (QED) is 0.645. The fourth-order valence-electron chi connectivity index (χ4n) is 3.52. The lowest BCUT2D eigenvalue weighted by Gasteiger charge is -2.30. The summed E-state index contributed by atoms with van der Waals surface area (Å²) >= 11 is 5.97. The van der Waals surface area contributed by atoms with E-state index in [9.17, 15) is 9.59 Å². The second kappa shape index (κ2) is 9.32. The SMILES string of the molecule is CCOC(=O)C1=C(C)Nc2c(c(Nc3ccc(Cl)cc3)nc(=O)n2CCOC)C1C. The molecule has 2 N–H and O–H groups in total. The van der Waals surface area contributed by atoms with Crippen LogP contribution in [0.2, 0.25) is 5.02 Å². The molecular weight excluding hydrogens is 408 g/mol. The molecule has 0 amide bonds. The van der Waals surface area contributed by atoms with Crippen LogP contribution in [0.15, 0.2) is 40.3 Å². The van der Waals surface area contributed by atoms with Gasteiger partial charge >= 0.3 is 11.7 Å². The van der Waals surface area contributed by atoms with Gasteiger partial charge in [-0.3, -0.25) is 4.57 Å². The van der Waals surface area contributed by atoms with Crippen molar-refractivity contribution in [3.05, 3.63) is 56.6 Å². The molecule has 0 radical (unpaired) electrons. The molecule has 0 fully saturated rings. The lowest BCUT2D eigenvalue weighted by atomic mass is 9.88. The molecule has 2 aromatic rings. The number of allylic oxidation sites excluding steroid dienone is 1. The molecule has 1 aromatic heterocycles. The summed E-state index contributed by atoms with van der Waals surface area (Å²) in [5.74, 6) is 0.214. The van der Waals surface area contributed by atoms with Crippen molar-refractivity contribution in [2.75, 3.05) is 31.0 Å². The first-order valence-corrected chi connectivity index (χ1v) is 10.1. The first kappa shape index (κ1) is 21.9. The van der Waals surface area contributed by atoms with Crippen LogP contribution in [0.4, 0.5) is 17.3 Å². The first-order valence-electron chi connectivity index (χ1n) is 9.68. The van der Waals surface area contributed by atoms with Crippen molar-refractivity contribution in [1.82, 2.24) is 9.55 Å². The number of rotatable bonds is 7. The van der Waals surface area contributed by atoms with Crippen LogP contribution in [0.1, 0.15) is 32.3 Å². The number of esters is 1. The Labute approximate surface area is 179 Å². The summed E-state index contributed by atoms with van der Waals surface area (Å²) in [4.78, 5) is 29.6. The van der Waals surface area contributed by atoms with Crippen molar-refractivity contribution in [1.29, 1.82) is 0 Å². The maximum Gasteiger partial charge on any atom is 0.351 e. The lowest BCUT2D eigenvalue weighted by Crippen LogP contribution is -2.33. The standard InChI is InChI=1S/C21H25ClN4O4/c1-5-30-20(27)16-12(2)17-18(24-15-8-6-14(22)7-9-15)25-21(28)26(10-11-29-4)19(17)23-13(16)3/h6-9,12,23H,5,10-11H2,1-4H3,(H,24,25,28). The van der Waals surface area contributed by atoms with Crippen molar-refractivity contribution in [2.24, 2.45) is 0 Å². The van der Waals surface area contributed by atoms with E-state index in [4.69, 9.17) is 21.1 Å². The summed E-state index contributed by atoms with van der Waals surface area (Å²) in [6.45, 7) is 6.41. The Balaban J connectivity index is 2.14. The minimum atomic E-state index is -0.422. The molecule has 0 saturated heterocycles. The second-order valence-corrected chi connectivity index (χ2v) is 7.32. The highest BCUT2D eigenvalue weighted by molar-refractivity contribution is 6.30. The number of carbonyl (C=O) groups is 1. The van der Waals surface area contributed by atoms with Gasteiger partial charge in [-0.05, 0) is 38.1 Å². The molecule has 1 unspecified atom stereocenters. The molecule has 2 heterocycles. The van der Waals surface area contributed by atoms with Gasteiger partial charge in [0.2, 0.25) is 0 Å². The first-order chi connectivity index (χ1) is 14.4. The number of ether oxygens (including phenoxy) is 2. The number of hydrogen-bond donors (Lipinski definition) is 2. The molecule has 8 nitrogen and oxygen atoms in total. The fourth-order valence-corrected chi connectivity index (χ4v) is 3.65. The van der Waals surface area contributed by atoms with E-state index in [-0.39, 0.29) is 12.5 Å². The number of anilines is 3. The number of nitrogens with zero attached hydrogens (tertiary/aromatic N) is 2. The highest BCUT2D eigenvalue weighted by Crippen LogP contribution is 2.41. The zero-order valence-electron chi connectivity index (χ0n) is 17.4. The number of fused-ring (bicyclic) bond motifs is 1. The normalized spacial score (nSPS) is 15.4. The highest BCUT2D eigenvalue weighted by Gasteiger charge is 2.33. The van der Waals surface area contributed by atoms with Gasteiger partial charge < -0.3 is 20.1 Å². The van der Waals surface area contributed by atoms with Crippen LogP contribution in [0.5, 0.6) is 0 Å². The number of nitrogens with one attached hydrogen (secondary N) is 2. The van der Waals surface area contributed by atoms with Crippen LogP contribution in [0.25, 0.3) is 0 Å². The summed E-state index contributed by atoms with van der Waals surface area (Å²) in [6, 6.07) is 7.07. The number of aromatic nitrogens is 2. The van der Waals surface area contributed by atoms with Crippen LogP contribution < -0.4 is 16.3 Å². The monoisotopic (exact) mass is 432 g/mol. The van der Waals surface area contributed by atoms with Crippen LogP contribution in [-0.4, -0.2) is 35.8 Å². The Morgan fingerprint density at radius 1 is 1.33 bits per heavy atom. The molecule has 30 heavy (non-hydrogen) atoms. The minimum absolute atomic E-state index is 0.274. The molecule has 1 aliphatic rings. The summed E-state index contributed by atoms with van der Waals surface area (Å²) < 4.78 is 11.9. The van der Waals surface area contributed by atoms with Gasteiger partial charge in [0.05, 0.1) is 25.3 Å². The third kappa shape index (κ3) is 4.34. The molecule has 0 aliphatic carbocycles. The van der Waals surface area contributed by atoms with E-state index in [1.165, 1.54) is 4.57 Å². The van der Waals surface area contributed by atoms with Gasteiger partial charge in [-0.1, -0.05) is 18.5 Å². The van der Waals surface area contributed by atoms with Gasteiger partial charge in [0.25, 0.3) is 0 Å². The summed E-state index contributed by atoms with van der Waals surface area (Å²) in [5.41, 5.74) is 2.15. The maximum atomic E-state index is 12.8. The fraction of sp³-hybridized carbons (Fsp3) is 0.381. The molecule has 9 heteroatoms. The van der Waals surface area contributed by atoms with Crippen LogP contribution in [0, 0.1) is 0 Å². The topological polar surface area (TPSA) is 94.5 Å². The minimum Gasteiger partial charge on any atom is -0.463 e. The van der Waals surface area contributed by atoms with E-state index >= 15 is 0 Å². The molecule has 1 aromatic carbocycles. The number of methoxy groups -OCH3 is 1. The maximum absolute atomic E-state index is 12.8. The van der Waals surface area contributed by atoms with Gasteiger partial charge in [0.1, 0.15) is 11.6 Å². The Kier molecular flexibility index (Phi) is 6.79. The van der Waals surface area contributed by atoms with Crippen molar-refractivity contribution < 1.29 is 14.3 Å². The largest absolute Gasteiger partial charge is 0.463 e. The smallest absolute Gasteiger partial charge is 0.351 e. The molecule has 0 bridgehead atoms. The van der Waals surface area contributed by atoms with E-state index in [1.54, 1.807) is 45.2 Å². The average molecular weight is 433 g/mol. The van der Waals surface area contributed by atoms with Crippen LogP contribution >= 0.6 is 11.6 Å². The van der Waals surface area contributed by atoms with E-state index < -0.39 is 11.7 Å². The third-order valence-electron chi connectivity index (χ3n) is 4.92. The zero-order valence-corrected chi connectivity index (χ0v) is 18.2. The van der Waals surface area contributed by atoms with Crippen molar-refractivity contribution in [3.8, 4) is 0 Å². The van der Waals surface area contributed by atoms with Crippen LogP contribution in [0.3, 0.4) is 0 Å². The molecule has 0 saturated carbocycles. The van der Waals surface area contributed by atoms with E-state index in [0.29, 0.717) is 46.6 Å². The Bertz CT molecular complexity index is 1030. The van der Waals surface area contributed by atoms with Gasteiger partial charge in [0.15, 0.2) is 0 Å². The summed E-state index contributed by atoms with van der Waals surface area (Å²) in [6.07, 6.45) is 0. The van der Waals surface area contributed by atoms with Gasteiger partial charge in [-0.2, -0.15) is 4.98 Å². The Hall–Kier alpha value is -2.84. The van der Waals surface area contributed by atoms with Crippen molar-refractivity contribution >= 4 is 34.9 Å². The van der Waals surface area contributed by atoms with Crippen molar-refractivity contribution in [3.63, 3.8) is 0 Å². The Morgan fingerprint density at radius 2 is 2.03 bits per heavy atom. The average Bonchev–Trinajstić information content (AvgIpc) is 2.69. The molecule has 1 aliphatic heterocycles. The van der Waals surface area contributed by atoms with Crippen molar-refractivity contribution in [2.45, 2.75) is 33.2 Å². The predicted molar refractivity (Wildman–Crippen MR) is 116 cm³/mol. The summed E-state index contributed by atoms with van der Waals surface area (Å²) in [7, 11) is 1.57. The zero-order chi connectivity index (χ0) is 21.8. The molecular formula is C21H25ClN4O4. The molecule has 160 valence electrons. The van der Waals surface area contributed by atoms with Gasteiger partial charge in [-0.25, -0.2) is 9.59 Å². The van der Waals surface area contributed by atoms with E-state index in [0.717, 1.165) is 5.69 Å². The number of hydrogen-bond acceptors (Lipinski definition) is 7. The summed E-state index contributed by atoms with van der Waals surface area (Å²) in [5, 5.41) is 7.01. The van der Waals surface area contributed by atoms with Gasteiger partial charge in [-0.15, -0.1) is 0 Å². The van der Waals surface area contributed by atoms with E-state index in [1.807, 2.05) is 6.92 Å². The number of benzene rings is 1. The molecule has 0 spiro atoms. The lowest BCUT2D eigenvalue weighted by molar-refractivity contribution is -0.138. The van der Waals surface area contributed by atoms with Crippen LogP contribution in [-0.2, 0) is 20.8 Å². The third-order valence-corrected chi connectivity index (χ3v) is 5.17. The predicted octanol–water partition coefficient (Wildman–Crippen LogP) is 3.65.